The first-order chi connectivity index (χ1) is 17.3. The number of ether oxygens (including phenoxy) is 2. The van der Waals surface area contributed by atoms with Crippen LogP contribution in [0, 0.1) is 0 Å². The van der Waals surface area contributed by atoms with Crippen LogP contribution in [0.25, 0.3) is 0 Å². The fraction of sp³-hybridized carbons (Fsp3) is 0.320. The van der Waals surface area contributed by atoms with E-state index in [0.29, 0.717) is 30.4 Å². The third-order valence-electron chi connectivity index (χ3n) is 5.74. The third kappa shape index (κ3) is 6.42. The van der Waals surface area contributed by atoms with Crippen molar-refractivity contribution in [3.8, 4) is 5.75 Å². The van der Waals surface area contributed by atoms with Crippen molar-refractivity contribution >= 4 is 29.0 Å². The standard InChI is InChI=1S/C25H25F3N4O4/c26-24(27)36-20-8-6-19(7-9-20)32(18-4-2-1-3-5-18)22-15-29-14-21(30-22)31-12-10-25(28,11-13-31)17-35-16-23(33)34/h1-9,14-15,24H,10-13,16-17H2,(H,33,34). The van der Waals surface area contributed by atoms with Gasteiger partial charge < -0.3 is 19.5 Å². The van der Waals surface area contributed by atoms with Crippen LogP contribution in [-0.2, 0) is 9.53 Å². The van der Waals surface area contributed by atoms with Gasteiger partial charge in [-0.3, -0.25) is 9.88 Å². The number of nitrogens with zero attached hydrogens (tertiary/aromatic N) is 4. The van der Waals surface area contributed by atoms with Gasteiger partial charge in [-0.05, 0) is 36.4 Å². The Bertz CT molecular complexity index is 1140. The number of carboxylic acids is 1. The molecule has 11 heteroatoms. The fourth-order valence-corrected chi connectivity index (χ4v) is 3.98. The Morgan fingerprint density at radius 2 is 1.72 bits per heavy atom. The van der Waals surface area contributed by atoms with Gasteiger partial charge in [0.15, 0.2) is 5.82 Å². The monoisotopic (exact) mass is 502 g/mol. The fourth-order valence-electron chi connectivity index (χ4n) is 3.98. The van der Waals surface area contributed by atoms with Crippen molar-refractivity contribution in [2.75, 3.05) is 36.1 Å². The summed E-state index contributed by atoms with van der Waals surface area (Å²) in [6, 6.07) is 15.6. The molecule has 4 rings (SSSR count). The van der Waals surface area contributed by atoms with E-state index in [1.54, 1.807) is 24.5 Å². The predicted octanol–water partition coefficient (Wildman–Crippen LogP) is 4.96. The molecule has 2 aromatic carbocycles. The molecule has 1 aliphatic rings. The first kappa shape index (κ1) is 25.2. The molecule has 0 saturated carbocycles. The molecule has 8 nitrogen and oxygen atoms in total. The Kier molecular flexibility index (Phi) is 7.89. The average molecular weight is 502 g/mol. The lowest BCUT2D eigenvalue weighted by Gasteiger charge is -2.36. The largest absolute Gasteiger partial charge is 0.480 e. The molecule has 2 heterocycles. The van der Waals surface area contributed by atoms with E-state index in [0.717, 1.165) is 5.69 Å². The van der Waals surface area contributed by atoms with Crippen LogP contribution in [0.3, 0.4) is 0 Å². The zero-order chi connectivity index (χ0) is 25.5. The molecule has 0 amide bonds. The van der Waals surface area contributed by atoms with Crippen LogP contribution in [0.15, 0.2) is 67.0 Å². The number of aliphatic carboxylic acids is 1. The second-order valence-electron chi connectivity index (χ2n) is 8.30. The third-order valence-corrected chi connectivity index (χ3v) is 5.74. The Morgan fingerprint density at radius 3 is 2.36 bits per heavy atom. The summed E-state index contributed by atoms with van der Waals surface area (Å²) in [5, 5.41) is 8.69. The number of benzene rings is 2. The smallest absolute Gasteiger partial charge is 0.387 e. The summed E-state index contributed by atoms with van der Waals surface area (Å²) in [6.07, 6.45) is 3.50. The maximum Gasteiger partial charge on any atom is 0.387 e. The molecule has 0 unspecified atom stereocenters. The van der Waals surface area contributed by atoms with Crippen LogP contribution < -0.4 is 14.5 Å². The van der Waals surface area contributed by atoms with E-state index in [9.17, 15) is 13.6 Å². The van der Waals surface area contributed by atoms with E-state index < -0.39 is 24.9 Å². The molecule has 0 spiro atoms. The topological polar surface area (TPSA) is 88.0 Å². The molecular weight excluding hydrogens is 477 g/mol. The Hall–Kier alpha value is -3.86. The van der Waals surface area contributed by atoms with Gasteiger partial charge in [0.25, 0.3) is 0 Å². The Labute approximate surface area is 205 Å². The molecule has 0 bridgehead atoms. The van der Waals surface area contributed by atoms with E-state index in [1.807, 2.05) is 40.1 Å². The molecule has 0 atom stereocenters. The summed E-state index contributed by atoms with van der Waals surface area (Å²) in [7, 11) is 0. The number of para-hydroxylation sites is 1. The number of carboxylic acid groups (broad SMARTS) is 1. The molecule has 1 N–H and O–H groups in total. The van der Waals surface area contributed by atoms with Crippen LogP contribution >= 0.6 is 0 Å². The second kappa shape index (κ2) is 11.3. The molecule has 1 fully saturated rings. The second-order valence-corrected chi connectivity index (χ2v) is 8.30. The molecule has 1 aliphatic heterocycles. The highest BCUT2D eigenvalue weighted by Gasteiger charge is 2.35. The summed E-state index contributed by atoms with van der Waals surface area (Å²) >= 11 is 0. The highest BCUT2D eigenvalue weighted by molar-refractivity contribution is 5.74. The SMILES string of the molecule is O=C(O)COCC1(F)CCN(c2cncc(N(c3ccccc3)c3ccc(OC(F)F)cc3)n2)CC1. The summed E-state index contributed by atoms with van der Waals surface area (Å²) < 4.78 is 49.6. The number of halogens is 3. The number of aromatic nitrogens is 2. The van der Waals surface area contributed by atoms with Gasteiger partial charge in [-0.15, -0.1) is 0 Å². The normalized spacial score (nSPS) is 15.1. The Balaban J connectivity index is 1.54. The minimum absolute atomic E-state index is 0.0388. The van der Waals surface area contributed by atoms with E-state index in [2.05, 4.69) is 9.72 Å². The van der Waals surface area contributed by atoms with Gasteiger partial charge in [0.1, 0.15) is 23.8 Å². The lowest BCUT2D eigenvalue weighted by molar-refractivity contribution is -0.144. The van der Waals surface area contributed by atoms with Crippen LogP contribution in [-0.4, -0.2) is 59.6 Å². The van der Waals surface area contributed by atoms with Crippen LogP contribution in [0.2, 0.25) is 0 Å². The number of hydrogen-bond donors (Lipinski definition) is 1. The number of piperidine rings is 1. The highest BCUT2D eigenvalue weighted by Crippen LogP contribution is 2.35. The molecule has 0 aliphatic carbocycles. The van der Waals surface area contributed by atoms with Gasteiger partial charge in [-0.25, -0.2) is 14.2 Å². The summed E-state index contributed by atoms with van der Waals surface area (Å²) in [5.41, 5.74) is -0.163. The minimum Gasteiger partial charge on any atom is -0.480 e. The lowest BCUT2D eigenvalue weighted by atomic mass is 9.94. The molecular formula is C25H25F3N4O4. The predicted molar refractivity (Wildman–Crippen MR) is 127 cm³/mol. The first-order valence-electron chi connectivity index (χ1n) is 11.3. The molecule has 190 valence electrons. The van der Waals surface area contributed by atoms with Crippen LogP contribution in [0.5, 0.6) is 5.75 Å². The van der Waals surface area contributed by atoms with Crippen molar-refractivity contribution in [1.82, 2.24) is 9.97 Å². The molecule has 1 saturated heterocycles. The maximum atomic E-state index is 15.0. The zero-order valence-corrected chi connectivity index (χ0v) is 19.3. The number of anilines is 4. The summed E-state index contributed by atoms with van der Waals surface area (Å²) in [6.45, 7) is -3.01. The number of carbonyl (C=O) groups is 1. The van der Waals surface area contributed by atoms with Crippen molar-refractivity contribution in [1.29, 1.82) is 0 Å². The lowest BCUT2D eigenvalue weighted by Crippen LogP contribution is -2.45. The maximum absolute atomic E-state index is 15.0. The average Bonchev–Trinajstić information content (AvgIpc) is 2.86. The quantitative estimate of drug-likeness (QED) is 0.416. The summed E-state index contributed by atoms with van der Waals surface area (Å²) in [5.74, 6) is -0.0538. The van der Waals surface area contributed by atoms with Crippen molar-refractivity contribution < 1.29 is 32.5 Å². The van der Waals surface area contributed by atoms with E-state index in [1.165, 1.54) is 12.1 Å². The van der Waals surface area contributed by atoms with Gasteiger partial charge in [-0.2, -0.15) is 8.78 Å². The van der Waals surface area contributed by atoms with Crippen LogP contribution in [0.1, 0.15) is 12.8 Å². The van der Waals surface area contributed by atoms with Gasteiger partial charge in [0.2, 0.25) is 0 Å². The molecule has 36 heavy (non-hydrogen) atoms. The first-order valence-corrected chi connectivity index (χ1v) is 11.3. The highest BCUT2D eigenvalue weighted by atomic mass is 19.3. The minimum atomic E-state index is -2.92. The van der Waals surface area contributed by atoms with Crippen molar-refractivity contribution in [3.05, 3.63) is 67.0 Å². The van der Waals surface area contributed by atoms with Gasteiger partial charge in [0, 0.05) is 37.3 Å². The van der Waals surface area contributed by atoms with Gasteiger partial charge >= 0.3 is 12.6 Å². The Morgan fingerprint density at radius 1 is 1.06 bits per heavy atom. The molecule has 1 aromatic heterocycles. The van der Waals surface area contributed by atoms with E-state index in [-0.39, 0.29) is 25.2 Å². The van der Waals surface area contributed by atoms with Gasteiger partial charge in [-0.1, -0.05) is 18.2 Å². The zero-order valence-electron chi connectivity index (χ0n) is 19.3. The van der Waals surface area contributed by atoms with Gasteiger partial charge in [0.05, 0.1) is 19.0 Å². The van der Waals surface area contributed by atoms with E-state index in [4.69, 9.17) is 14.8 Å². The molecule has 0 radical (unpaired) electrons. The van der Waals surface area contributed by atoms with Crippen molar-refractivity contribution in [3.63, 3.8) is 0 Å². The van der Waals surface area contributed by atoms with E-state index >= 15 is 4.39 Å². The summed E-state index contributed by atoms with van der Waals surface area (Å²) in [4.78, 5) is 23.5. The molecule has 3 aromatic rings. The number of alkyl halides is 3. The van der Waals surface area contributed by atoms with Crippen molar-refractivity contribution in [2.24, 2.45) is 0 Å². The van der Waals surface area contributed by atoms with Crippen molar-refractivity contribution in [2.45, 2.75) is 25.1 Å². The number of rotatable bonds is 10. The van der Waals surface area contributed by atoms with Crippen LogP contribution in [0.4, 0.5) is 36.2 Å². The number of hydrogen-bond acceptors (Lipinski definition) is 7.